The topological polar surface area (TPSA) is 51.5 Å². The molecule has 0 bridgehead atoms. The number of methoxy groups -OCH3 is 1. The van der Waals surface area contributed by atoms with Gasteiger partial charge < -0.3 is 14.5 Å². The number of hydrogen-bond acceptors (Lipinski definition) is 4. The van der Waals surface area contributed by atoms with Gasteiger partial charge in [-0.05, 0) is 35.7 Å². The van der Waals surface area contributed by atoms with E-state index in [-0.39, 0.29) is 5.78 Å². The molecule has 5 aromatic rings. The van der Waals surface area contributed by atoms with Crippen molar-refractivity contribution in [3.05, 3.63) is 84.4 Å². The van der Waals surface area contributed by atoms with Crippen LogP contribution in [0, 0.1) is 0 Å². The summed E-state index contributed by atoms with van der Waals surface area (Å²) in [6.45, 7) is 0.547. The third-order valence-corrected chi connectivity index (χ3v) is 5.46. The highest BCUT2D eigenvalue weighted by molar-refractivity contribution is 6.10. The Bertz CT molecular complexity index is 1380. The number of para-hydroxylation sites is 1. The second kappa shape index (κ2) is 7.56. The highest BCUT2D eigenvalue weighted by Gasteiger charge is 2.13. The number of hydrogen-bond donors (Lipinski definition) is 1. The van der Waals surface area contributed by atoms with E-state index in [9.17, 15) is 4.79 Å². The van der Waals surface area contributed by atoms with E-state index < -0.39 is 0 Å². The van der Waals surface area contributed by atoms with Crippen LogP contribution in [0.25, 0.3) is 32.7 Å². The van der Waals surface area contributed by atoms with Crippen molar-refractivity contribution in [2.45, 2.75) is 6.42 Å². The normalized spacial score (nSPS) is 11.2. The molecule has 0 fully saturated rings. The molecule has 0 spiro atoms. The second-order valence-corrected chi connectivity index (χ2v) is 7.27. The lowest BCUT2D eigenvalue weighted by atomic mass is 9.99. The summed E-state index contributed by atoms with van der Waals surface area (Å²) in [5, 5.41) is 7.43. The number of anilines is 1. The molecule has 0 atom stereocenters. The van der Waals surface area contributed by atoms with Crippen molar-refractivity contribution < 1.29 is 13.9 Å². The van der Waals surface area contributed by atoms with E-state index in [0.29, 0.717) is 13.0 Å². The quantitative estimate of drug-likeness (QED) is 0.337. The number of ether oxygens (including phenoxy) is 1. The maximum Gasteiger partial charge on any atom is 0.165 e. The summed E-state index contributed by atoms with van der Waals surface area (Å²) in [7, 11) is 1.64. The molecule has 0 radical (unpaired) electrons. The summed E-state index contributed by atoms with van der Waals surface area (Å²) < 4.78 is 11.4. The first-order chi connectivity index (χ1) is 14.7. The van der Waals surface area contributed by atoms with Gasteiger partial charge in [-0.15, -0.1) is 0 Å². The fourth-order valence-corrected chi connectivity index (χ4v) is 3.98. The zero-order valence-electron chi connectivity index (χ0n) is 16.6. The summed E-state index contributed by atoms with van der Waals surface area (Å²) >= 11 is 0. The minimum absolute atomic E-state index is 0.103. The van der Waals surface area contributed by atoms with Crippen molar-refractivity contribution >= 4 is 44.2 Å². The molecular formula is C26H21NO3. The Kier molecular flexibility index (Phi) is 4.60. The largest absolute Gasteiger partial charge is 0.496 e. The van der Waals surface area contributed by atoms with Crippen LogP contribution in [0.5, 0.6) is 5.75 Å². The number of ketones is 1. The smallest absolute Gasteiger partial charge is 0.165 e. The molecule has 0 saturated carbocycles. The maximum atomic E-state index is 12.9. The molecule has 4 aromatic carbocycles. The lowest BCUT2D eigenvalue weighted by Gasteiger charge is -2.10. The Morgan fingerprint density at radius 3 is 2.40 bits per heavy atom. The van der Waals surface area contributed by atoms with E-state index in [0.717, 1.165) is 49.7 Å². The van der Waals surface area contributed by atoms with Crippen LogP contribution in [0.3, 0.4) is 0 Å². The van der Waals surface area contributed by atoms with Crippen LogP contribution in [0.15, 0.2) is 83.3 Å². The van der Waals surface area contributed by atoms with Crippen molar-refractivity contribution in [3.8, 4) is 5.75 Å². The van der Waals surface area contributed by atoms with Crippen LogP contribution in [0.1, 0.15) is 16.8 Å². The summed E-state index contributed by atoms with van der Waals surface area (Å²) in [5.41, 5.74) is 3.38. The number of rotatable bonds is 6. The number of benzene rings is 4. The molecule has 4 heteroatoms. The molecule has 1 aromatic heterocycles. The Hall–Kier alpha value is -3.79. The van der Waals surface area contributed by atoms with Gasteiger partial charge in [-0.1, -0.05) is 42.5 Å². The van der Waals surface area contributed by atoms with Crippen LogP contribution >= 0.6 is 0 Å². The molecule has 148 valence electrons. The van der Waals surface area contributed by atoms with Gasteiger partial charge in [0.2, 0.25) is 0 Å². The molecule has 0 aliphatic carbocycles. The Morgan fingerprint density at radius 1 is 0.833 bits per heavy atom. The highest BCUT2D eigenvalue weighted by Crippen LogP contribution is 2.31. The van der Waals surface area contributed by atoms with Crippen LogP contribution in [-0.2, 0) is 0 Å². The Morgan fingerprint density at radius 2 is 1.57 bits per heavy atom. The van der Waals surface area contributed by atoms with Gasteiger partial charge in [0.15, 0.2) is 5.78 Å². The zero-order valence-corrected chi connectivity index (χ0v) is 16.6. The number of carbonyl (C=O) groups is 1. The van der Waals surface area contributed by atoms with E-state index in [1.54, 1.807) is 7.11 Å². The number of carbonyl (C=O) groups excluding carboxylic acids is 1. The van der Waals surface area contributed by atoms with Gasteiger partial charge in [0.1, 0.15) is 16.9 Å². The minimum atomic E-state index is 0.103. The number of fused-ring (bicyclic) bond motifs is 4. The van der Waals surface area contributed by atoms with Crippen LogP contribution < -0.4 is 10.1 Å². The molecule has 0 saturated heterocycles. The van der Waals surface area contributed by atoms with E-state index in [4.69, 9.17) is 9.15 Å². The summed E-state index contributed by atoms with van der Waals surface area (Å²) in [5.74, 6) is 0.880. The van der Waals surface area contributed by atoms with Gasteiger partial charge in [-0.2, -0.15) is 0 Å². The van der Waals surface area contributed by atoms with Gasteiger partial charge in [0.05, 0.1) is 7.11 Å². The number of Topliss-reactive ketones (excluding diaryl/α,β-unsaturated/α-hetero) is 1. The fourth-order valence-electron chi connectivity index (χ4n) is 3.98. The number of nitrogens with one attached hydrogen (secondary N) is 1. The van der Waals surface area contributed by atoms with Gasteiger partial charge >= 0.3 is 0 Å². The first-order valence-corrected chi connectivity index (χ1v) is 9.99. The van der Waals surface area contributed by atoms with E-state index in [1.807, 2.05) is 66.7 Å². The summed E-state index contributed by atoms with van der Waals surface area (Å²) in [4.78, 5) is 12.9. The van der Waals surface area contributed by atoms with Gasteiger partial charge in [0.25, 0.3) is 0 Å². The lowest BCUT2D eigenvalue weighted by molar-refractivity contribution is 0.0988. The maximum absolute atomic E-state index is 12.9. The summed E-state index contributed by atoms with van der Waals surface area (Å²) in [6, 6.07) is 25.6. The minimum Gasteiger partial charge on any atom is -0.496 e. The molecule has 0 amide bonds. The van der Waals surface area contributed by atoms with Crippen molar-refractivity contribution in [1.29, 1.82) is 0 Å². The first kappa shape index (κ1) is 18.3. The Balaban J connectivity index is 1.33. The zero-order chi connectivity index (χ0) is 20.5. The van der Waals surface area contributed by atoms with E-state index in [1.165, 1.54) is 0 Å². The predicted molar refractivity (Wildman–Crippen MR) is 122 cm³/mol. The second-order valence-electron chi connectivity index (χ2n) is 7.27. The van der Waals surface area contributed by atoms with Gasteiger partial charge in [-0.25, -0.2) is 0 Å². The van der Waals surface area contributed by atoms with Crippen molar-refractivity contribution in [1.82, 2.24) is 0 Å². The molecule has 1 N–H and O–H groups in total. The highest BCUT2D eigenvalue weighted by atomic mass is 16.5. The van der Waals surface area contributed by atoms with Crippen molar-refractivity contribution in [2.75, 3.05) is 19.0 Å². The van der Waals surface area contributed by atoms with Crippen molar-refractivity contribution in [2.24, 2.45) is 0 Å². The molecule has 0 unspecified atom stereocenters. The average Bonchev–Trinajstić information content (AvgIpc) is 3.16. The monoisotopic (exact) mass is 395 g/mol. The molecular weight excluding hydrogens is 374 g/mol. The third kappa shape index (κ3) is 3.16. The van der Waals surface area contributed by atoms with E-state index in [2.05, 4.69) is 17.4 Å². The molecule has 4 nitrogen and oxygen atoms in total. The number of furan rings is 1. The van der Waals surface area contributed by atoms with Crippen LogP contribution in [0.4, 0.5) is 5.69 Å². The molecule has 30 heavy (non-hydrogen) atoms. The van der Waals surface area contributed by atoms with Gasteiger partial charge in [-0.3, -0.25) is 4.79 Å². The van der Waals surface area contributed by atoms with E-state index >= 15 is 0 Å². The molecule has 1 heterocycles. The average molecular weight is 395 g/mol. The fraction of sp³-hybridized carbons (Fsp3) is 0.115. The molecule has 5 rings (SSSR count). The first-order valence-electron chi connectivity index (χ1n) is 9.99. The predicted octanol–water partition coefficient (Wildman–Crippen LogP) is 6.43. The molecule has 0 aliphatic heterocycles. The SMILES string of the molecule is COc1ccc(C(=O)CCNc2ccc3c(c2)oc2ccccc23)c2ccccc12. The molecule has 0 aliphatic rings. The standard InChI is InChI=1S/C26H21NO3/c1-29-24-13-12-19(18-6-2-3-7-20(18)24)23(28)14-15-27-17-10-11-22-21-8-4-5-9-25(21)30-26(22)16-17/h2-13,16,27H,14-15H2,1H3. The van der Waals surface area contributed by atoms with Crippen LogP contribution in [0.2, 0.25) is 0 Å². The van der Waals surface area contributed by atoms with Crippen molar-refractivity contribution in [3.63, 3.8) is 0 Å². The van der Waals surface area contributed by atoms with Gasteiger partial charge in [0, 0.05) is 46.4 Å². The lowest BCUT2D eigenvalue weighted by Crippen LogP contribution is -2.09. The third-order valence-electron chi connectivity index (χ3n) is 5.46. The summed E-state index contributed by atoms with van der Waals surface area (Å²) in [6.07, 6.45) is 0.397. The Labute approximate surface area is 174 Å². The van der Waals surface area contributed by atoms with Crippen LogP contribution in [-0.4, -0.2) is 19.4 Å².